The van der Waals surface area contributed by atoms with Crippen LogP contribution >= 0.6 is 0 Å². The average molecular weight is 321 g/mol. The number of aryl methyl sites for hydroxylation is 1. The molecule has 0 unspecified atom stereocenters. The van der Waals surface area contributed by atoms with E-state index >= 15 is 0 Å². The number of H-pyrrole nitrogens is 1. The van der Waals surface area contributed by atoms with Gasteiger partial charge in [-0.3, -0.25) is 5.10 Å². The van der Waals surface area contributed by atoms with Crippen molar-refractivity contribution in [1.82, 2.24) is 15.2 Å². The van der Waals surface area contributed by atoms with E-state index in [0.717, 1.165) is 12.2 Å². The van der Waals surface area contributed by atoms with Crippen LogP contribution < -0.4 is 5.73 Å². The Morgan fingerprint density at radius 1 is 0.826 bits per heavy atom. The number of nitrogen functional groups attached to an aromatic ring is 1. The number of hydrogen-bond donors (Lipinski definition) is 2. The summed E-state index contributed by atoms with van der Waals surface area (Å²) in [6, 6.07) is 0. The van der Waals surface area contributed by atoms with Gasteiger partial charge in [0.2, 0.25) is 5.95 Å². The first kappa shape index (κ1) is 19.7. The molecule has 4 heteroatoms. The van der Waals surface area contributed by atoms with Gasteiger partial charge in [0, 0.05) is 6.42 Å². The number of nitrogens with one attached hydrogen (secondary N) is 1. The normalized spacial score (nSPS) is 11.5. The lowest BCUT2D eigenvalue weighted by Crippen LogP contribution is -1.90. The number of nitrogens with two attached hydrogens (primary N) is 1. The SMILES string of the molecule is CCCCCCCCC=CCCCCCCCc1nc(N)n[nH]1. The monoisotopic (exact) mass is 320 g/mol. The molecule has 1 rings (SSSR count). The Kier molecular flexibility index (Phi) is 12.3. The van der Waals surface area contributed by atoms with Gasteiger partial charge < -0.3 is 5.73 Å². The number of hydrogen-bond acceptors (Lipinski definition) is 3. The zero-order valence-electron chi connectivity index (χ0n) is 15.0. The lowest BCUT2D eigenvalue weighted by Gasteiger charge is -1.99. The van der Waals surface area contributed by atoms with E-state index in [4.69, 9.17) is 5.73 Å². The van der Waals surface area contributed by atoms with Crippen molar-refractivity contribution < 1.29 is 0 Å². The van der Waals surface area contributed by atoms with Gasteiger partial charge in [-0.2, -0.15) is 4.98 Å². The molecule has 1 aromatic rings. The summed E-state index contributed by atoms with van der Waals surface area (Å²) in [7, 11) is 0. The Morgan fingerprint density at radius 3 is 1.96 bits per heavy atom. The van der Waals surface area contributed by atoms with Crippen LogP contribution in [0.15, 0.2) is 12.2 Å². The van der Waals surface area contributed by atoms with Crippen molar-refractivity contribution in [1.29, 1.82) is 0 Å². The van der Waals surface area contributed by atoms with E-state index < -0.39 is 0 Å². The van der Waals surface area contributed by atoms with Gasteiger partial charge in [-0.25, -0.2) is 0 Å². The van der Waals surface area contributed by atoms with E-state index in [9.17, 15) is 0 Å². The molecule has 1 aromatic heterocycles. The smallest absolute Gasteiger partial charge is 0.239 e. The number of allylic oxidation sites excluding steroid dienone is 2. The molecule has 0 aromatic carbocycles. The fourth-order valence-electron chi connectivity index (χ4n) is 2.79. The third-order valence-corrected chi connectivity index (χ3v) is 4.22. The zero-order chi connectivity index (χ0) is 16.6. The van der Waals surface area contributed by atoms with E-state index in [1.807, 2.05) is 0 Å². The van der Waals surface area contributed by atoms with Crippen LogP contribution in [-0.2, 0) is 6.42 Å². The molecule has 0 radical (unpaired) electrons. The molecule has 23 heavy (non-hydrogen) atoms. The highest BCUT2D eigenvalue weighted by atomic mass is 15.3. The van der Waals surface area contributed by atoms with Gasteiger partial charge in [-0.1, -0.05) is 70.4 Å². The quantitative estimate of drug-likeness (QED) is 0.327. The first-order chi connectivity index (χ1) is 11.3. The van der Waals surface area contributed by atoms with Gasteiger partial charge in [-0.15, -0.1) is 5.10 Å². The van der Waals surface area contributed by atoms with Gasteiger partial charge in [0.25, 0.3) is 0 Å². The number of aromatic nitrogens is 3. The van der Waals surface area contributed by atoms with Gasteiger partial charge in [0.1, 0.15) is 5.82 Å². The molecule has 0 bridgehead atoms. The van der Waals surface area contributed by atoms with Crippen molar-refractivity contribution in [2.75, 3.05) is 5.73 Å². The van der Waals surface area contributed by atoms with Crippen LogP contribution in [0, 0.1) is 0 Å². The minimum atomic E-state index is 0.354. The molecule has 0 spiro atoms. The van der Waals surface area contributed by atoms with Gasteiger partial charge in [-0.05, 0) is 32.1 Å². The van der Waals surface area contributed by atoms with Crippen LogP contribution in [0.2, 0.25) is 0 Å². The average Bonchev–Trinajstić information content (AvgIpc) is 2.96. The van der Waals surface area contributed by atoms with Crippen molar-refractivity contribution in [3.05, 3.63) is 18.0 Å². The summed E-state index contributed by atoms with van der Waals surface area (Å²) < 4.78 is 0. The highest BCUT2D eigenvalue weighted by molar-refractivity contribution is 5.12. The van der Waals surface area contributed by atoms with Crippen LogP contribution in [0.5, 0.6) is 0 Å². The first-order valence-electron chi connectivity index (χ1n) is 9.64. The van der Waals surface area contributed by atoms with E-state index in [1.54, 1.807) is 0 Å². The molecule has 0 saturated carbocycles. The number of unbranched alkanes of at least 4 members (excludes halogenated alkanes) is 11. The zero-order valence-corrected chi connectivity index (χ0v) is 15.0. The van der Waals surface area contributed by atoms with Gasteiger partial charge in [0.15, 0.2) is 0 Å². The third-order valence-electron chi connectivity index (χ3n) is 4.22. The van der Waals surface area contributed by atoms with Crippen LogP contribution in [0.4, 0.5) is 5.95 Å². The molecule has 0 atom stereocenters. The predicted molar refractivity (Wildman–Crippen MR) is 99.3 cm³/mol. The number of aromatic amines is 1. The molecule has 0 aliphatic rings. The Hall–Kier alpha value is -1.32. The van der Waals surface area contributed by atoms with Crippen LogP contribution in [0.1, 0.15) is 96.2 Å². The summed E-state index contributed by atoms with van der Waals surface area (Å²) in [5, 5.41) is 6.70. The molecular formula is C19H36N4. The maximum atomic E-state index is 5.47. The molecule has 0 amide bonds. The van der Waals surface area contributed by atoms with Crippen LogP contribution in [-0.4, -0.2) is 15.2 Å². The minimum absolute atomic E-state index is 0.354. The second-order valence-electron chi connectivity index (χ2n) is 6.47. The van der Waals surface area contributed by atoms with Crippen molar-refractivity contribution in [3.63, 3.8) is 0 Å². The van der Waals surface area contributed by atoms with Crippen LogP contribution in [0.3, 0.4) is 0 Å². The summed E-state index contributed by atoms with van der Waals surface area (Å²) in [6.45, 7) is 2.27. The molecule has 132 valence electrons. The molecular weight excluding hydrogens is 284 g/mol. The molecule has 0 saturated heterocycles. The highest BCUT2D eigenvalue weighted by Crippen LogP contribution is 2.10. The second kappa shape index (κ2) is 14.3. The number of anilines is 1. The lowest BCUT2D eigenvalue weighted by atomic mass is 10.1. The Balaban J connectivity index is 1.78. The van der Waals surface area contributed by atoms with Crippen LogP contribution in [0.25, 0.3) is 0 Å². The predicted octanol–water partition coefficient (Wildman–Crippen LogP) is 5.58. The Bertz CT molecular complexity index is 398. The summed E-state index contributed by atoms with van der Waals surface area (Å²) in [5.41, 5.74) is 5.47. The lowest BCUT2D eigenvalue weighted by molar-refractivity contribution is 0.606. The molecule has 0 aliphatic carbocycles. The van der Waals surface area contributed by atoms with Crippen molar-refractivity contribution >= 4 is 5.95 Å². The van der Waals surface area contributed by atoms with Crippen molar-refractivity contribution in [3.8, 4) is 0 Å². The maximum absolute atomic E-state index is 5.47. The topological polar surface area (TPSA) is 67.6 Å². The summed E-state index contributed by atoms with van der Waals surface area (Å²) >= 11 is 0. The van der Waals surface area contributed by atoms with E-state index in [-0.39, 0.29) is 0 Å². The van der Waals surface area contributed by atoms with E-state index in [2.05, 4.69) is 34.3 Å². The fraction of sp³-hybridized carbons (Fsp3) is 0.789. The molecule has 3 N–H and O–H groups in total. The highest BCUT2D eigenvalue weighted by Gasteiger charge is 1.98. The van der Waals surface area contributed by atoms with E-state index in [0.29, 0.717) is 5.95 Å². The fourth-order valence-corrected chi connectivity index (χ4v) is 2.79. The molecule has 0 fully saturated rings. The van der Waals surface area contributed by atoms with Gasteiger partial charge in [0.05, 0.1) is 0 Å². The minimum Gasteiger partial charge on any atom is -0.367 e. The molecule has 0 aliphatic heterocycles. The van der Waals surface area contributed by atoms with Gasteiger partial charge >= 0.3 is 0 Å². The Labute approximate surface area is 142 Å². The number of rotatable bonds is 15. The summed E-state index contributed by atoms with van der Waals surface area (Å²) in [6.07, 6.45) is 23.0. The number of nitrogens with zero attached hydrogens (tertiary/aromatic N) is 2. The maximum Gasteiger partial charge on any atom is 0.239 e. The van der Waals surface area contributed by atoms with E-state index in [1.165, 1.54) is 83.5 Å². The second-order valence-corrected chi connectivity index (χ2v) is 6.47. The van der Waals surface area contributed by atoms with Crippen molar-refractivity contribution in [2.45, 2.75) is 96.8 Å². The largest absolute Gasteiger partial charge is 0.367 e. The summed E-state index contributed by atoms with van der Waals surface area (Å²) in [4.78, 5) is 4.12. The first-order valence-corrected chi connectivity index (χ1v) is 9.64. The Morgan fingerprint density at radius 2 is 1.39 bits per heavy atom. The summed E-state index contributed by atoms with van der Waals surface area (Å²) in [5.74, 6) is 1.27. The third kappa shape index (κ3) is 11.8. The molecule has 4 nitrogen and oxygen atoms in total. The molecule has 1 heterocycles. The standard InChI is InChI=1S/C19H36N4/c1-2-3-4-5-6-7-8-9-10-11-12-13-14-15-16-17-18-21-19(20)23-22-18/h9-10H,2-8,11-17H2,1H3,(H3,20,21,22,23). The van der Waals surface area contributed by atoms with Crippen molar-refractivity contribution in [2.24, 2.45) is 0 Å².